The monoisotopic (exact) mass is 620 g/mol. The van der Waals surface area contributed by atoms with Crippen LogP contribution in [0.15, 0.2) is 35.4 Å². The Morgan fingerprint density at radius 2 is 1.51 bits per heavy atom. The first-order valence-corrected chi connectivity index (χ1v) is 14.6. The maximum absolute atomic E-state index is 12.4. The molecule has 2 aromatic carbocycles. The van der Waals surface area contributed by atoms with Gasteiger partial charge in [0.05, 0.1) is 68.9 Å². The average molecular weight is 621 g/mol. The van der Waals surface area contributed by atoms with Crippen molar-refractivity contribution in [1.29, 1.82) is 0 Å². The maximum Gasteiger partial charge on any atom is 0.350 e. The fourth-order valence-electron chi connectivity index (χ4n) is 5.47. The Morgan fingerprint density at radius 3 is 2.09 bits per heavy atom. The van der Waals surface area contributed by atoms with Gasteiger partial charge in [-0.25, -0.2) is 9.59 Å². The van der Waals surface area contributed by atoms with Gasteiger partial charge in [-0.3, -0.25) is 0 Å². The first-order valence-electron chi connectivity index (χ1n) is 14.2. The van der Waals surface area contributed by atoms with Crippen LogP contribution in [0, 0.1) is 0 Å². The Balaban J connectivity index is 1.87. The molecule has 236 valence electrons. The lowest BCUT2D eigenvalue weighted by Gasteiger charge is -2.46. The van der Waals surface area contributed by atoms with Crippen molar-refractivity contribution in [3.63, 3.8) is 0 Å². The highest BCUT2D eigenvalue weighted by Gasteiger charge is 2.40. The average Bonchev–Trinajstić information content (AvgIpc) is 3.02. The van der Waals surface area contributed by atoms with Gasteiger partial charge in [0.1, 0.15) is 11.1 Å². The van der Waals surface area contributed by atoms with Crippen LogP contribution >= 0.6 is 11.6 Å². The van der Waals surface area contributed by atoms with Crippen molar-refractivity contribution in [2.24, 2.45) is 0 Å². The highest BCUT2D eigenvalue weighted by atomic mass is 35.5. The minimum absolute atomic E-state index is 0.0267. The van der Waals surface area contributed by atoms with Crippen LogP contribution in [-0.2, 0) is 31.9 Å². The molecule has 0 N–H and O–H groups in total. The zero-order chi connectivity index (χ0) is 31.6. The summed E-state index contributed by atoms with van der Waals surface area (Å²) in [5.41, 5.74) is 3.38. The molecule has 0 aromatic heterocycles. The molecule has 0 bridgehead atoms. The Labute approximate surface area is 258 Å². The topological polar surface area (TPSA) is 98.8 Å². The van der Waals surface area contributed by atoms with E-state index in [0.29, 0.717) is 52.5 Å². The summed E-state index contributed by atoms with van der Waals surface area (Å²) >= 11 is 5.98. The number of carbonyl (C=O) groups excluding carboxylic acids is 2. The molecule has 3 rings (SSSR count). The molecule has 1 aliphatic heterocycles. The van der Waals surface area contributed by atoms with E-state index in [-0.39, 0.29) is 24.3 Å². The van der Waals surface area contributed by atoms with E-state index in [1.807, 2.05) is 19.1 Å². The Kier molecular flexibility index (Phi) is 12.4. The second-order valence-electron chi connectivity index (χ2n) is 10.5. The van der Waals surface area contributed by atoms with Gasteiger partial charge in [-0.05, 0) is 41.8 Å². The molecule has 0 unspecified atom stereocenters. The van der Waals surface area contributed by atoms with E-state index in [1.54, 1.807) is 35.5 Å². The van der Waals surface area contributed by atoms with E-state index in [0.717, 1.165) is 36.7 Å². The van der Waals surface area contributed by atoms with Gasteiger partial charge in [-0.1, -0.05) is 18.5 Å². The molecule has 0 aliphatic carbocycles. The van der Waals surface area contributed by atoms with Crippen molar-refractivity contribution in [3.05, 3.63) is 52.1 Å². The van der Waals surface area contributed by atoms with Crippen LogP contribution in [0.2, 0.25) is 0 Å². The molecule has 0 amide bonds. The third-order valence-corrected chi connectivity index (χ3v) is 8.00. The number of rotatable bonds is 15. The summed E-state index contributed by atoms with van der Waals surface area (Å²) < 4.78 is 39.0. The zero-order valence-corrected chi connectivity index (χ0v) is 26.9. The van der Waals surface area contributed by atoms with Crippen molar-refractivity contribution in [1.82, 2.24) is 0 Å². The number of quaternary nitrogens is 1. The summed E-state index contributed by atoms with van der Waals surface area (Å²) in [6.07, 6.45) is 3.71. The third kappa shape index (κ3) is 8.26. The molecule has 0 radical (unpaired) electrons. The second kappa shape index (κ2) is 15.7. The fraction of sp³-hybridized carbons (Fsp3) is 0.500. The predicted octanol–water partition coefficient (Wildman–Crippen LogP) is 5.03. The van der Waals surface area contributed by atoms with Gasteiger partial charge in [-0.2, -0.15) is 0 Å². The minimum Gasteiger partial charge on any atom is -0.493 e. The number of methoxy groups -OCH3 is 5. The third-order valence-electron chi connectivity index (χ3n) is 7.74. The molecule has 0 saturated heterocycles. The molecule has 0 fully saturated rings. The second-order valence-corrected chi connectivity index (χ2v) is 10.9. The normalized spacial score (nSPS) is 17.9. The molecule has 10 nitrogen and oxygen atoms in total. The predicted molar refractivity (Wildman–Crippen MR) is 162 cm³/mol. The summed E-state index contributed by atoms with van der Waals surface area (Å²) in [4.78, 5) is 24.1. The first kappa shape index (κ1) is 33.9. The number of halogens is 1. The lowest BCUT2D eigenvalue weighted by Crippen LogP contribution is -2.52. The van der Waals surface area contributed by atoms with Crippen LogP contribution in [0.1, 0.15) is 42.5 Å². The van der Waals surface area contributed by atoms with Crippen LogP contribution in [0.5, 0.6) is 28.7 Å². The Morgan fingerprint density at radius 1 is 0.884 bits per heavy atom. The van der Waals surface area contributed by atoms with Crippen molar-refractivity contribution in [2.75, 3.05) is 68.9 Å². The van der Waals surface area contributed by atoms with E-state index in [2.05, 4.69) is 19.2 Å². The van der Waals surface area contributed by atoms with Crippen LogP contribution < -0.4 is 23.7 Å². The van der Waals surface area contributed by atoms with Crippen LogP contribution in [0.3, 0.4) is 0 Å². The molecule has 1 heterocycles. The SMILES string of the molecule is CCCOC(=O)/C=C(\Cl)C(=O)OCCC[N@+]1(C)CCc2cc(OC)c(OC)cc2[C@H]1Cc1cc(OC)c(OC)c(OC)c1. The Hall–Kier alpha value is -3.63. The van der Waals surface area contributed by atoms with Crippen molar-refractivity contribution in [2.45, 2.75) is 38.6 Å². The zero-order valence-electron chi connectivity index (χ0n) is 26.1. The van der Waals surface area contributed by atoms with Gasteiger partial charge in [0.2, 0.25) is 5.75 Å². The number of benzene rings is 2. The molecule has 2 aromatic rings. The minimum atomic E-state index is -0.757. The van der Waals surface area contributed by atoms with E-state index in [9.17, 15) is 9.59 Å². The lowest BCUT2D eigenvalue weighted by molar-refractivity contribution is -0.941. The number of carbonyl (C=O) groups is 2. The number of hydrogen-bond donors (Lipinski definition) is 0. The number of hydrogen-bond acceptors (Lipinski definition) is 9. The van der Waals surface area contributed by atoms with E-state index < -0.39 is 11.9 Å². The van der Waals surface area contributed by atoms with Gasteiger partial charge < -0.3 is 37.6 Å². The van der Waals surface area contributed by atoms with Gasteiger partial charge in [0.15, 0.2) is 23.0 Å². The van der Waals surface area contributed by atoms with Gasteiger partial charge in [0.25, 0.3) is 0 Å². The van der Waals surface area contributed by atoms with Crippen molar-refractivity contribution >= 4 is 23.5 Å². The van der Waals surface area contributed by atoms with E-state index in [1.165, 1.54) is 5.56 Å². The quantitative estimate of drug-likeness (QED) is 0.118. The number of nitrogens with zero attached hydrogens (tertiary/aromatic N) is 1. The largest absolute Gasteiger partial charge is 0.493 e. The Bertz CT molecular complexity index is 1290. The molecule has 43 heavy (non-hydrogen) atoms. The molecule has 2 atom stereocenters. The molecule has 11 heteroatoms. The van der Waals surface area contributed by atoms with Crippen LogP contribution in [0.4, 0.5) is 0 Å². The number of esters is 2. The summed E-state index contributed by atoms with van der Waals surface area (Å²) in [6.45, 7) is 3.85. The summed E-state index contributed by atoms with van der Waals surface area (Å²) in [6, 6.07) is 8.10. The number of fused-ring (bicyclic) bond motifs is 1. The molecule has 1 aliphatic rings. The first-order chi connectivity index (χ1) is 20.6. The fourth-order valence-corrected chi connectivity index (χ4v) is 5.62. The van der Waals surface area contributed by atoms with E-state index >= 15 is 0 Å². The standard InChI is InChI=1S/C32H43ClNO9/c1-8-13-42-30(35)20-24(33)32(36)43-14-9-11-34(2)12-10-22-18-26(37-3)27(38-4)19-23(22)25(34)15-21-16-28(39-5)31(41-7)29(17-21)40-6/h16-20,25H,8-15H2,1-7H3/q+1/b24-20-/t25-,34-/m1/s1. The molecular formula is C32H43ClNO9+. The van der Waals surface area contributed by atoms with Gasteiger partial charge in [0, 0.05) is 30.9 Å². The van der Waals surface area contributed by atoms with Crippen LogP contribution in [-0.4, -0.2) is 85.3 Å². The molecule has 0 saturated carbocycles. The van der Waals surface area contributed by atoms with Gasteiger partial charge in [-0.15, -0.1) is 0 Å². The number of ether oxygens (including phenoxy) is 7. The lowest BCUT2D eigenvalue weighted by atomic mass is 9.86. The van der Waals surface area contributed by atoms with E-state index in [4.69, 9.17) is 44.8 Å². The van der Waals surface area contributed by atoms with Crippen molar-refractivity contribution in [3.8, 4) is 28.7 Å². The van der Waals surface area contributed by atoms with Crippen LogP contribution in [0.25, 0.3) is 0 Å². The summed E-state index contributed by atoms with van der Waals surface area (Å²) in [5, 5.41) is -0.310. The van der Waals surface area contributed by atoms with Gasteiger partial charge >= 0.3 is 11.9 Å². The summed E-state index contributed by atoms with van der Waals surface area (Å²) in [7, 11) is 10.3. The maximum atomic E-state index is 12.4. The smallest absolute Gasteiger partial charge is 0.350 e. The molecular weight excluding hydrogens is 578 g/mol. The number of likely N-dealkylation sites (N-methyl/N-ethyl adjacent to an activating group) is 1. The van der Waals surface area contributed by atoms with Crippen molar-refractivity contribution < 1.29 is 47.2 Å². The summed E-state index contributed by atoms with van der Waals surface area (Å²) in [5.74, 6) is 1.64. The molecule has 0 spiro atoms. The highest BCUT2D eigenvalue weighted by Crippen LogP contribution is 2.44. The highest BCUT2D eigenvalue weighted by molar-refractivity contribution is 6.42.